The third-order valence-electron chi connectivity index (χ3n) is 2.90. The maximum atomic E-state index is 12.0. The minimum atomic E-state index is -0.567. The van der Waals surface area contributed by atoms with Crippen LogP contribution in [-0.4, -0.2) is 26.7 Å². The zero-order valence-corrected chi connectivity index (χ0v) is 10.8. The van der Waals surface area contributed by atoms with Crippen LogP contribution in [0.4, 0.5) is 5.69 Å². The molecule has 0 bridgehead atoms. The lowest BCUT2D eigenvalue weighted by molar-refractivity contribution is -0.114. The predicted molar refractivity (Wildman–Crippen MR) is 68.0 cm³/mol. The molecular weight excluding hydrogens is 268 g/mol. The minimum absolute atomic E-state index is 0.200. The van der Waals surface area contributed by atoms with E-state index in [9.17, 15) is 9.59 Å². The predicted octanol–water partition coefficient (Wildman–Crippen LogP) is 1.20. The number of fused-ring (bicyclic) bond motifs is 1. The second-order valence-electron chi connectivity index (χ2n) is 4.27. The van der Waals surface area contributed by atoms with Crippen LogP contribution in [0.3, 0.4) is 0 Å². The molecule has 6 nitrogen and oxygen atoms in total. The quantitative estimate of drug-likeness (QED) is 0.773. The van der Waals surface area contributed by atoms with Crippen LogP contribution in [0.1, 0.15) is 16.1 Å². The molecule has 0 unspecified atom stereocenters. The first-order valence-corrected chi connectivity index (χ1v) is 5.95. The van der Waals surface area contributed by atoms with E-state index in [1.54, 1.807) is 31.4 Å². The SMILES string of the molecule is Cn1cc(CN2C(=O)C(=O)c3ccc(Cl)cc32)nn1. The topological polar surface area (TPSA) is 68.1 Å². The fourth-order valence-corrected chi connectivity index (χ4v) is 2.22. The summed E-state index contributed by atoms with van der Waals surface area (Å²) in [6.07, 6.45) is 1.69. The van der Waals surface area contributed by atoms with Gasteiger partial charge in [-0.3, -0.25) is 19.2 Å². The van der Waals surface area contributed by atoms with Crippen molar-refractivity contribution in [2.45, 2.75) is 6.54 Å². The van der Waals surface area contributed by atoms with E-state index < -0.39 is 11.7 Å². The van der Waals surface area contributed by atoms with E-state index in [1.165, 1.54) is 9.58 Å². The van der Waals surface area contributed by atoms with E-state index in [-0.39, 0.29) is 6.54 Å². The molecule has 0 saturated heterocycles. The van der Waals surface area contributed by atoms with Gasteiger partial charge in [0.25, 0.3) is 11.7 Å². The number of carbonyl (C=O) groups excluding carboxylic acids is 2. The Labute approximate surface area is 113 Å². The minimum Gasteiger partial charge on any atom is -0.299 e. The zero-order chi connectivity index (χ0) is 13.6. The van der Waals surface area contributed by atoms with Gasteiger partial charge in [0.2, 0.25) is 0 Å². The summed E-state index contributed by atoms with van der Waals surface area (Å²) in [6.45, 7) is 0.200. The largest absolute Gasteiger partial charge is 0.299 e. The van der Waals surface area contributed by atoms with Crippen LogP contribution in [0.5, 0.6) is 0 Å². The number of ketones is 1. The molecule has 0 saturated carbocycles. The molecule has 1 aromatic carbocycles. The van der Waals surface area contributed by atoms with Gasteiger partial charge in [-0.15, -0.1) is 5.10 Å². The van der Waals surface area contributed by atoms with Crippen LogP contribution in [0.25, 0.3) is 0 Å². The summed E-state index contributed by atoms with van der Waals surface area (Å²) >= 11 is 5.91. The Kier molecular flexibility index (Phi) is 2.60. The highest BCUT2D eigenvalue weighted by Crippen LogP contribution is 2.32. The third-order valence-corrected chi connectivity index (χ3v) is 3.14. The van der Waals surface area contributed by atoms with Gasteiger partial charge in [-0.05, 0) is 18.2 Å². The smallest absolute Gasteiger partial charge is 0.299 e. The molecule has 1 aromatic heterocycles. The van der Waals surface area contributed by atoms with Gasteiger partial charge in [0.15, 0.2) is 0 Å². The summed E-state index contributed by atoms with van der Waals surface area (Å²) in [5.41, 5.74) is 1.50. The Hall–Kier alpha value is -2.21. The van der Waals surface area contributed by atoms with Crippen molar-refractivity contribution < 1.29 is 9.59 Å². The van der Waals surface area contributed by atoms with Crippen LogP contribution < -0.4 is 4.90 Å². The van der Waals surface area contributed by atoms with Crippen molar-refractivity contribution in [1.82, 2.24) is 15.0 Å². The highest BCUT2D eigenvalue weighted by atomic mass is 35.5. The lowest BCUT2D eigenvalue weighted by Gasteiger charge is -2.14. The number of carbonyl (C=O) groups is 2. The summed E-state index contributed by atoms with van der Waals surface area (Å²) in [7, 11) is 1.73. The van der Waals surface area contributed by atoms with Gasteiger partial charge in [-0.25, -0.2) is 0 Å². The van der Waals surface area contributed by atoms with Crippen molar-refractivity contribution in [1.29, 1.82) is 0 Å². The van der Waals surface area contributed by atoms with E-state index in [0.717, 1.165) is 0 Å². The molecular formula is C12H9ClN4O2. The van der Waals surface area contributed by atoms with Gasteiger partial charge in [0.05, 0.1) is 17.8 Å². The molecule has 19 heavy (non-hydrogen) atoms. The summed E-state index contributed by atoms with van der Waals surface area (Å²) in [6, 6.07) is 4.77. The normalized spacial score (nSPS) is 14.1. The molecule has 0 atom stereocenters. The fourth-order valence-electron chi connectivity index (χ4n) is 2.05. The van der Waals surface area contributed by atoms with Crippen LogP contribution in [-0.2, 0) is 18.4 Å². The summed E-state index contributed by atoms with van der Waals surface area (Å²) < 4.78 is 1.54. The number of Topliss-reactive ketones (excluding diaryl/α,β-unsaturated/α-hetero) is 1. The number of hydrogen-bond acceptors (Lipinski definition) is 4. The Balaban J connectivity index is 2.01. The summed E-state index contributed by atoms with van der Waals surface area (Å²) in [5, 5.41) is 8.18. The lowest BCUT2D eigenvalue weighted by Crippen LogP contribution is -2.29. The van der Waals surface area contributed by atoms with Crippen molar-refractivity contribution in [3.8, 4) is 0 Å². The third kappa shape index (κ3) is 1.90. The molecule has 0 spiro atoms. The van der Waals surface area contributed by atoms with Crippen molar-refractivity contribution in [3.05, 3.63) is 40.7 Å². The molecule has 2 aromatic rings. The van der Waals surface area contributed by atoms with Crippen molar-refractivity contribution in [2.75, 3.05) is 4.90 Å². The van der Waals surface area contributed by atoms with Crippen LogP contribution in [0, 0.1) is 0 Å². The highest BCUT2D eigenvalue weighted by molar-refractivity contribution is 6.52. The number of halogens is 1. The first-order valence-electron chi connectivity index (χ1n) is 5.57. The molecule has 0 radical (unpaired) electrons. The molecule has 7 heteroatoms. The molecule has 1 amide bonds. The number of nitrogens with zero attached hydrogens (tertiary/aromatic N) is 4. The van der Waals surface area contributed by atoms with Crippen molar-refractivity contribution in [3.63, 3.8) is 0 Å². The molecule has 3 rings (SSSR count). The van der Waals surface area contributed by atoms with Crippen LogP contribution >= 0.6 is 11.6 Å². The first-order chi connectivity index (χ1) is 9.06. The summed E-state index contributed by atoms with van der Waals surface area (Å²) in [5.74, 6) is -1.08. The van der Waals surface area contributed by atoms with Crippen molar-refractivity contribution in [2.24, 2.45) is 7.05 Å². The number of aryl methyl sites for hydroxylation is 1. The van der Waals surface area contributed by atoms with Crippen LogP contribution in [0.2, 0.25) is 5.02 Å². The fraction of sp³-hybridized carbons (Fsp3) is 0.167. The second-order valence-corrected chi connectivity index (χ2v) is 4.70. The monoisotopic (exact) mass is 276 g/mol. The average molecular weight is 277 g/mol. The Morgan fingerprint density at radius 2 is 2.11 bits per heavy atom. The van der Waals surface area contributed by atoms with E-state index in [1.807, 2.05) is 0 Å². The number of hydrogen-bond donors (Lipinski definition) is 0. The van der Waals surface area contributed by atoms with Gasteiger partial charge < -0.3 is 0 Å². The van der Waals surface area contributed by atoms with E-state index in [4.69, 9.17) is 11.6 Å². The highest BCUT2D eigenvalue weighted by Gasteiger charge is 2.36. The number of anilines is 1. The molecule has 0 N–H and O–H groups in total. The molecule has 2 heterocycles. The first kappa shape index (κ1) is 11.9. The van der Waals surface area contributed by atoms with Gasteiger partial charge in [0.1, 0.15) is 5.69 Å². The summed E-state index contributed by atoms with van der Waals surface area (Å²) in [4.78, 5) is 25.2. The second kappa shape index (κ2) is 4.17. The maximum Gasteiger partial charge on any atom is 0.299 e. The number of benzene rings is 1. The average Bonchev–Trinajstić information content (AvgIpc) is 2.88. The van der Waals surface area contributed by atoms with E-state index >= 15 is 0 Å². The van der Waals surface area contributed by atoms with Crippen LogP contribution in [0.15, 0.2) is 24.4 Å². The zero-order valence-electron chi connectivity index (χ0n) is 10.00. The van der Waals surface area contributed by atoms with Gasteiger partial charge in [0, 0.05) is 18.3 Å². The molecule has 1 aliphatic heterocycles. The molecule has 0 aliphatic carbocycles. The molecule has 0 fully saturated rings. The molecule has 1 aliphatic rings. The standard InChI is InChI=1S/C12H9ClN4O2/c1-16-5-8(14-15-16)6-17-10-4-7(13)2-3-9(10)11(18)12(17)19/h2-5H,6H2,1H3. The van der Waals surface area contributed by atoms with Gasteiger partial charge >= 0.3 is 0 Å². The number of aromatic nitrogens is 3. The van der Waals surface area contributed by atoms with E-state index in [0.29, 0.717) is 22.0 Å². The van der Waals surface area contributed by atoms with Gasteiger partial charge in [-0.1, -0.05) is 16.8 Å². The Morgan fingerprint density at radius 3 is 2.79 bits per heavy atom. The Bertz CT molecular complexity index is 695. The number of amides is 1. The van der Waals surface area contributed by atoms with E-state index in [2.05, 4.69) is 10.3 Å². The maximum absolute atomic E-state index is 12.0. The molecule has 96 valence electrons. The van der Waals surface area contributed by atoms with Gasteiger partial charge in [-0.2, -0.15) is 0 Å². The van der Waals surface area contributed by atoms with Crippen molar-refractivity contribution >= 4 is 29.0 Å². The lowest BCUT2D eigenvalue weighted by atomic mass is 10.1. The number of rotatable bonds is 2. The Morgan fingerprint density at radius 1 is 1.32 bits per heavy atom.